The third-order valence-electron chi connectivity index (χ3n) is 5.75. The van der Waals surface area contributed by atoms with Crippen molar-refractivity contribution in [1.29, 1.82) is 0 Å². The molecule has 2 aliphatic rings. The minimum absolute atomic E-state index is 0.0415. The van der Waals surface area contributed by atoms with Crippen molar-refractivity contribution in [3.63, 3.8) is 0 Å². The predicted octanol–water partition coefficient (Wildman–Crippen LogP) is 2.15. The molecule has 0 atom stereocenters. The standard InChI is InChI=1S/C21H22N4O3/c1-23-20(28)25(15-17-9-5-6-12-22-17)19(27)21(23)10-13-24(14-11-21)18(26)16-7-3-2-4-8-16/h2-9,12H,10-11,13-15H2,1H3. The van der Waals surface area contributed by atoms with Crippen LogP contribution in [0.25, 0.3) is 0 Å². The highest BCUT2D eigenvalue weighted by molar-refractivity contribution is 6.07. The molecule has 4 rings (SSSR count). The second kappa shape index (κ2) is 7.07. The first-order valence-electron chi connectivity index (χ1n) is 9.37. The van der Waals surface area contributed by atoms with E-state index in [9.17, 15) is 14.4 Å². The Kier molecular flexibility index (Phi) is 4.58. The Bertz CT molecular complexity index is 892. The number of rotatable bonds is 3. The molecule has 2 aliphatic heterocycles. The largest absolute Gasteiger partial charge is 0.338 e. The summed E-state index contributed by atoms with van der Waals surface area (Å²) in [6, 6.07) is 14.2. The van der Waals surface area contributed by atoms with E-state index in [-0.39, 0.29) is 24.4 Å². The number of benzene rings is 1. The molecule has 144 valence electrons. The first kappa shape index (κ1) is 18.2. The normalized spacial score (nSPS) is 18.8. The maximum atomic E-state index is 13.2. The van der Waals surface area contributed by atoms with E-state index in [0.717, 1.165) is 0 Å². The highest BCUT2D eigenvalue weighted by Gasteiger charge is 2.56. The van der Waals surface area contributed by atoms with Crippen LogP contribution in [0.2, 0.25) is 0 Å². The van der Waals surface area contributed by atoms with Gasteiger partial charge in [-0.3, -0.25) is 19.5 Å². The van der Waals surface area contributed by atoms with E-state index in [1.54, 1.807) is 47.3 Å². The zero-order valence-electron chi connectivity index (χ0n) is 15.7. The van der Waals surface area contributed by atoms with E-state index >= 15 is 0 Å². The van der Waals surface area contributed by atoms with Crippen LogP contribution in [-0.2, 0) is 11.3 Å². The Morgan fingerprint density at radius 2 is 1.71 bits per heavy atom. The number of likely N-dealkylation sites (N-methyl/N-ethyl adjacent to an activating group) is 1. The summed E-state index contributed by atoms with van der Waals surface area (Å²) in [6.07, 6.45) is 2.52. The lowest BCUT2D eigenvalue weighted by molar-refractivity contribution is -0.135. The summed E-state index contributed by atoms with van der Waals surface area (Å²) in [6.45, 7) is 1.04. The number of piperidine rings is 1. The Morgan fingerprint density at radius 1 is 1.04 bits per heavy atom. The molecule has 0 bridgehead atoms. The Hall–Kier alpha value is -3.22. The molecule has 0 unspecified atom stereocenters. The second-order valence-corrected chi connectivity index (χ2v) is 7.24. The molecule has 1 spiro atoms. The van der Waals surface area contributed by atoms with Gasteiger partial charge in [0.1, 0.15) is 5.54 Å². The average Bonchev–Trinajstić information content (AvgIpc) is 2.91. The monoisotopic (exact) mass is 378 g/mol. The molecule has 2 aromatic rings. The molecule has 2 fully saturated rings. The van der Waals surface area contributed by atoms with Gasteiger partial charge in [0, 0.05) is 31.9 Å². The lowest BCUT2D eigenvalue weighted by atomic mass is 9.86. The predicted molar refractivity (Wildman–Crippen MR) is 102 cm³/mol. The van der Waals surface area contributed by atoms with Gasteiger partial charge in [0.15, 0.2) is 0 Å². The van der Waals surface area contributed by atoms with Gasteiger partial charge in [0.05, 0.1) is 12.2 Å². The number of likely N-dealkylation sites (tertiary alicyclic amines) is 1. The highest BCUT2D eigenvalue weighted by atomic mass is 16.2. The summed E-state index contributed by atoms with van der Waals surface area (Å²) in [5, 5.41) is 0. The van der Waals surface area contributed by atoms with Crippen LogP contribution in [0.15, 0.2) is 54.7 Å². The summed E-state index contributed by atoms with van der Waals surface area (Å²) in [5.74, 6) is -0.238. The zero-order valence-corrected chi connectivity index (χ0v) is 15.7. The molecule has 1 aromatic heterocycles. The summed E-state index contributed by atoms with van der Waals surface area (Å²) in [5.41, 5.74) is 0.433. The summed E-state index contributed by atoms with van der Waals surface area (Å²) < 4.78 is 0. The van der Waals surface area contributed by atoms with Crippen molar-refractivity contribution in [2.75, 3.05) is 20.1 Å². The van der Waals surface area contributed by atoms with E-state index in [1.807, 2.05) is 24.3 Å². The molecule has 7 nitrogen and oxygen atoms in total. The summed E-state index contributed by atoms with van der Waals surface area (Å²) in [7, 11) is 1.67. The van der Waals surface area contributed by atoms with Crippen LogP contribution < -0.4 is 0 Å². The second-order valence-electron chi connectivity index (χ2n) is 7.24. The maximum Gasteiger partial charge on any atom is 0.327 e. The number of hydrogen-bond donors (Lipinski definition) is 0. The van der Waals surface area contributed by atoms with E-state index in [1.165, 1.54) is 4.90 Å². The van der Waals surface area contributed by atoms with Crippen molar-refractivity contribution in [2.24, 2.45) is 0 Å². The van der Waals surface area contributed by atoms with Gasteiger partial charge in [-0.2, -0.15) is 0 Å². The third-order valence-corrected chi connectivity index (χ3v) is 5.75. The van der Waals surface area contributed by atoms with Crippen LogP contribution in [0.1, 0.15) is 28.9 Å². The molecular weight excluding hydrogens is 356 g/mol. The topological polar surface area (TPSA) is 73.8 Å². The van der Waals surface area contributed by atoms with Gasteiger partial charge >= 0.3 is 6.03 Å². The number of urea groups is 1. The van der Waals surface area contributed by atoms with Crippen LogP contribution in [0, 0.1) is 0 Å². The van der Waals surface area contributed by atoms with E-state index in [2.05, 4.69) is 4.98 Å². The van der Waals surface area contributed by atoms with Crippen LogP contribution in [-0.4, -0.2) is 63.2 Å². The van der Waals surface area contributed by atoms with Crippen molar-refractivity contribution in [3.05, 3.63) is 66.0 Å². The molecule has 0 saturated carbocycles. The van der Waals surface area contributed by atoms with Gasteiger partial charge in [0.2, 0.25) is 0 Å². The smallest absolute Gasteiger partial charge is 0.327 e. The molecule has 28 heavy (non-hydrogen) atoms. The molecule has 3 heterocycles. The molecular formula is C21H22N4O3. The molecule has 0 aliphatic carbocycles. The number of imide groups is 1. The van der Waals surface area contributed by atoms with Crippen LogP contribution in [0.3, 0.4) is 0 Å². The molecule has 1 aromatic carbocycles. The molecule has 2 saturated heterocycles. The first-order valence-corrected chi connectivity index (χ1v) is 9.37. The first-order chi connectivity index (χ1) is 13.5. The molecule has 0 radical (unpaired) electrons. The third kappa shape index (κ3) is 2.93. The fourth-order valence-electron chi connectivity index (χ4n) is 4.03. The Balaban J connectivity index is 1.49. The van der Waals surface area contributed by atoms with Gasteiger partial charge in [0.25, 0.3) is 11.8 Å². The van der Waals surface area contributed by atoms with E-state index in [4.69, 9.17) is 0 Å². The van der Waals surface area contributed by atoms with Gasteiger partial charge in [-0.1, -0.05) is 24.3 Å². The number of carbonyl (C=O) groups is 3. The van der Waals surface area contributed by atoms with Crippen molar-refractivity contribution in [3.8, 4) is 0 Å². The Morgan fingerprint density at radius 3 is 2.36 bits per heavy atom. The lowest BCUT2D eigenvalue weighted by Crippen LogP contribution is -2.56. The Labute approximate surface area is 163 Å². The van der Waals surface area contributed by atoms with Gasteiger partial charge < -0.3 is 9.80 Å². The summed E-state index contributed by atoms with van der Waals surface area (Å²) in [4.78, 5) is 47.4. The lowest BCUT2D eigenvalue weighted by Gasteiger charge is -2.40. The molecule has 4 amide bonds. The average molecular weight is 378 g/mol. The highest BCUT2D eigenvalue weighted by Crippen LogP contribution is 2.37. The van der Waals surface area contributed by atoms with Gasteiger partial charge in [-0.15, -0.1) is 0 Å². The van der Waals surface area contributed by atoms with Crippen molar-refractivity contribution in [1.82, 2.24) is 19.7 Å². The minimum atomic E-state index is -0.876. The minimum Gasteiger partial charge on any atom is -0.338 e. The number of amides is 4. The number of carbonyl (C=O) groups excluding carboxylic acids is 3. The quantitative estimate of drug-likeness (QED) is 0.767. The van der Waals surface area contributed by atoms with Crippen LogP contribution >= 0.6 is 0 Å². The summed E-state index contributed by atoms with van der Waals surface area (Å²) >= 11 is 0. The fourth-order valence-corrected chi connectivity index (χ4v) is 4.03. The van der Waals surface area contributed by atoms with E-state index < -0.39 is 5.54 Å². The number of hydrogen-bond acceptors (Lipinski definition) is 4. The fraction of sp³-hybridized carbons (Fsp3) is 0.333. The van der Waals surface area contributed by atoms with Crippen LogP contribution in [0.4, 0.5) is 4.79 Å². The number of nitrogens with zero attached hydrogens (tertiary/aromatic N) is 4. The van der Waals surface area contributed by atoms with Crippen molar-refractivity contribution in [2.45, 2.75) is 24.9 Å². The van der Waals surface area contributed by atoms with Gasteiger partial charge in [-0.05, 0) is 37.1 Å². The molecule has 0 N–H and O–H groups in total. The zero-order chi connectivity index (χ0) is 19.7. The molecule has 7 heteroatoms. The van der Waals surface area contributed by atoms with Crippen molar-refractivity contribution >= 4 is 17.8 Å². The number of aromatic nitrogens is 1. The SMILES string of the molecule is CN1C(=O)N(Cc2ccccn2)C(=O)C12CCN(C(=O)c1ccccc1)CC2. The van der Waals surface area contributed by atoms with Crippen LogP contribution in [0.5, 0.6) is 0 Å². The van der Waals surface area contributed by atoms with E-state index in [0.29, 0.717) is 37.2 Å². The number of pyridine rings is 1. The van der Waals surface area contributed by atoms with Gasteiger partial charge in [-0.25, -0.2) is 4.79 Å². The van der Waals surface area contributed by atoms with Crippen molar-refractivity contribution < 1.29 is 14.4 Å². The maximum absolute atomic E-state index is 13.2.